The SMILES string of the molecule is CN(C)CNC1c2ccccc2CSc2ccccc21.O=C(O)/C=C\C(=O)O.O=C(O)/C=C\C(=O)O. The van der Waals surface area contributed by atoms with Crippen LogP contribution in [0.4, 0.5) is 0 Å². The van der Waals surface area contributed by atoms with Gasteiger partial charge in [-0.1, -0.05) is 42.5 Å². The van der Waals surface area contributed by atoms with Crippen molar-refractivity contribution in [2.75, 3.05) is 20.8 Å². The lowest BCUT2D eigenvalue weighted by Crippen LogP contribution is -2.32. The average Bonchev–Trinajstić information content (AvgIpc) is 2.98. The molecule has 36 heavy (non-hydrogen) atoms. The lowest BCUT2D eigenvalue weighted by Gasteiger charge is -2.23. The van der Waals surface area contributed by atoms with E-state index in [0.717, 1.165) is 12.4 Å². The van der Waals surface area contributed by atoms with E-state index >= 15 is 0 Å². The molecule has 0 bridgehead atoms. The van der Waals surface area contributed by atoms with Gasteiger partial charge in [0.25, 0.3) is 0 Å². The highest BCUT2D eigenvalue weighted by Crippen LogP contribution is 2.39. The number of carbonyl (C=O) groups is 4. The fourth-order valence-electron chi connectivity index (χ4n) is 2.90. The molecular weight excluding hydrogens is 488 g/mol. The van der Waals surface area contributed by atoms with Crippen molar-refractivity contribution >= 4 is 35.6 Å². The summed E-state index contributed by atoms with van der Waals surface area (Å²) in [7, 11) is 4.19. The Morgan fingerprint density at radius 1 is 0.806 bits per heavy atom. The van der Waals surface area contributed by atoms with Crippen LogP contribution >= 0.6 is 11.8 Å². The number of carboxylic acid groups (broad SMARTS) is 4. The Labute approximate surface area is 212 Å². The summed E-state index contributed by atoms with van der Waals surface area (Å²) in [4.78, 5) is 41.8. The van der Waals surface area contributed by atoms with Crippen LogP contribution in [0.3, 0.4) is 0 Å². The minimum atomic E-state index is -1.26. The summed E-state index contributed by atoms with van der Waals surface area (Å²) in [5.41, 5.74) is 4.24. The van der Waals surface area contributed by atoms with E-state index in [1.807, 2.05) is 11.8 Å². The largest absolute Gasteiger partial charge is 0.478 e. The van der Waals surface area contributed by atoms with Crippen molar-refractivity contribution in [1.29, 1.82) is 0 Å². The van der Waals surface area contributed by atoms with E-state index in [1.165, 1.54) is 21.6 Å². The molecule has 0 aromatic heterocycles. The molecule has 0 saturated heterocycles. The van der Waals surface area contributed by atoms with Gasteiger partial charge in [0.05, 0.1) is 6.04 Å². The Morgan fingerprint density at radius 3 is 1.72 bits per heavy atom. The van der Waals surface area contributed by atoms with Crippen molar-refractivity contribution in [3.8, 4) is 0 Å². The monoisotopic (exact) mass is 516 g/mol. The van der Waals surface area contributed by atoms with Gasteiger partial charge < -0.3 is 20.4 Å². The van der Waals surface area contributed by atoms with Crippen molar-refractivity contribution in [1.82, 2.24) is 10.2 Å². The Bertz CT molecular complexity index is 1000. The van der Waals surface area contributed by atoms with Gasteiger partial charge in [-0.05, 0) is 36.9 Å². The number of carboxylic acids is 4. The van der Waals surface area contributed by atoms with Crippen LogP contribution in [0.5, 0.6) is 0 Å². The zero-order valence-corrected chi connectivity index (χ0v) is 20.5. The van der Waals surface area contributed by atoms with Crippen LogP contribution in [0.25, 0.3) is 0 Å². The van der Waals surface area contributed by atoms with E-state index in [4.69, 9.17) is 20.4 Å². The smallest absolute Gasteiger partial charge is 0.328 e. The molecule has 0 saturated carbocycles. The molecular formula is C25H28N2O8S. The van der Waals surface area contributed by atoms with Crippen LogP contribution in [0.2, 0.25) is 0 Å². The Hall–Kier alpha value is -3.93. The lowest BCUT2D eigenvalue weighted by molar-refractivity contribution is -0.134. The van der Waals surface area contributed by atoms with Gasteiger partial charge in [-0.3, -0.25) is 10.2 Å². The number of hydrogen-bond acceptors (Lipinski definition) is 7. The Morgan fingerprint density at radius 2 is 1.25 bits per heavy atom. The van der Waals surface area contributed by atoms with Crippen LogP contribution in [-0.2, 0) is 24.9 Å². The van der Waals surface area contributed by atoms with Gasteiger partial charge >= 0.3 is 23.9 Å². The van der Waals surface area contributed by atoms with Gasteiger partial charge in [0.2, 0.25) is 0 Å². The molecule has 0 spiro atoms. The number of hydrogen-bond donors (Lipinski definition) is 5. The predicted octanol–water partition coefficient (Wildman–Crippen LogP) is 2.91. The number of thioether (sulfide) groups is 1. The maximum Gasteiger partial charge on any atom is 0.328 e. The summed E-state index contributed by atoms with van der Waals surface area (Å²) in [6.45, 7) is 0.873. The summed E-state index contributed by atoms with van der Waals surface area (Å²) in [6, 6.07) is 17.8. The topological polar surface area (TPSA) is 164 Å². The predicted molar refractivity (Wildman–Crippen MR) is 135 cm³/mol. The number of rotatable bonds is 7. The van der Waals surface area contributed by atoms with Gasteiger partial charge in [0.15, 0.2) is 0 Å². The molecule has 1 heterocycles. The number of fused-ring (bicyclic) bond motifs is 2. The first-order valence-electron chi connectivity index (χ1n) is 10.5. The van der Waals surface area contributed by atoms with E-state index in [2.05, 4.69) is 72.8 Å². The molecule has 10 nitrogen and oxygen atoms in total. The number of benzene rings is 2. The zero-order chi connectivity index (χ0) is 27.1. The minimum Gasteiger partial charge on any atom is -0.478 e. The average molecular weight is 517 g/mol. The molecule has 0 fully saturated rings. The molecule has 1 aliphatic rings. The van der Waals surface area contributed by atoms with Gasteiger partial charge in [-0.25, -0.2) is 19.2 Å². The van der Waals surface area contributed by atoms with Crippen LogP contribution in [0, 0.1) is 0 Å². The summed E-state index contributed by atoms with van der Waals surface area (Å²) < 4.78 is 0. The molecule has 0 radical (unpaired) electrons. The van der Waals surface area contributed by atoms with E-state index in [1.54, 1.807) is 0 Å². The molecule has 0 aliphatic carbocycles. The number of nitrogens with zero attached hydrogens (tertiary/aromatic N) is 1. The highest BCUT2D eigenvalue weighted by molar-refractivity contribution is 7.98. The van der Waals surface area contributed by atoms with Crippen molar-refractivity contribution in [3.05, 3.63) is 89.5 Å². The minimum absolute atomic E-state index is 0.278. The van der Waals surface area contributed by atoms with Crippen LogP contribution in [0.15, 0.2) is 77.7 Å². The lowest BCUT2D eigenvalue weighted by atomic mass is 9.95. The van der Waals surface area contributed by atoms with Crippen molar-refractivity contribution in [2.24, 2.45) is 0 Å². The number of aliphatic carboxylic acids is 4. The third-order valence-electron chi connectivity index (χ3n) is 4.33. The van der Waals surface area contributed by atoms with E-state index < -0.39 is 23.9 Å². The van der Waals surface area contributed by atoms with Gasteiger partial charge in [0, 0.05) is 41.6 Å². The molecule has 0 amide bonds. The molecule has 192 valence electrons. The van der Waals surface area contributed by atoms with E-state index in [9.17, 15) is 19.2 Å². The van der Waals surface area contributed by atoms with E-state index in [-0.39, 0.29) is 6.04 Å². The van der Waals surface area contributed by atoms with Gasteiger partial charge in [-0.2, -0.15) is 0 Å². The van der Waals surface area contributed by atoms with Crippen LogP contribution in [-0.4, -0.2) is 70.0 Å². The maximum atomic E-state index is 9.55. The Kier molecular flexibility index (Phi) is 13.3. The first-order chi connectivity index (χ1) is 17.0. The summed E-state index contributed by atoms with van der Waals surface area (Å²) in [5.74, 6) is -3.98. The molecule has 1 unspecified atom stereocenters. The maximum absolute atomic E-state index is 9.55. The van der Waals surface area contributed by atoms with Crippen molar-refractivity contribution < 1.29 is 39.6 Å². The molecule has 3 rings (SSSR count). The van der Waals surface area contributed by atoms with Crippen molar-refractivity contribution in [3.63, 3.8) is 0 Å². The standard InChI is InChI=1S/C17H20N2S.2C4H4O4/c1-19(2)12-18-17-14-8-4-3-7-13(14)11-20-16-10-6-5-9-15(16)17;2*5-3(6)1-2-4(7)8/h3-10,17-18H,11-12H2,1-2H3;2*1-2H,(H,5,6)(H,7,8)/b;2*2-1-. The molecule has 2 aromatic carbocycles. The molecule has 1 atom stereocenters. The third kappa shape index (κ3) is 12.0. The van der Waals surface area contributed by atoms with Crippen molar-refractivity contribution in [2.45, 2.75) is 16.7 Å². The van der Waals surface area contributed by atoms with Gasteiger partial charge in [0.1, 0.15) is 0 Å². The Balaban J connectivity index is 0.000000337. The van der Waals surface area contributed by atoms with E-state index in [0.29, 0.717) is 24.3 Å². The summed E-state index contributed by atoms with van der Waals surface area (Å²) in [6.07, 6.45) is 2.23. The molecule has 11 heteroatoms. The quantitative estimate of drug-likeness (QED) is 0.271. The second-order valence-corrected chi connectivity index (χ2v) is 8.44. The number of nitrogens with one attached hydrogen (secondary N) is 1. The zero-order valence-electron chi connectivity index (χ0n) is 19.7. The van der Waals surface area contributed by atoms with Gasteiger partial charge in [-0.15, -0.1) is 11.8 Å². The summed E-state index contributed by atoms with van der Waals surface area (Å²) in [5, 5.41) is 34.9. The molecule has 2 aromatic rings. The normalized spacial score (nSPS) is 13.9. The highest BCUT2D eigenvalue weighted by Gasteiger charge is 2.23. The fraction of sp³-hybridized carbons (Fsp3) is 0.200. The fourth-order valence-corrected chi connectivity index (χ4v) is 4.00. The molecule has 1 aliphatic heterocycles. The first-order valence-corrected chi connectivity index (χ1v) is 11.4. The third-order valence-corrected chi connectivity index (χ3v) is 5.47. The highest BCUT2D eigenvalue weighted by atomic mass is 32.2. The second-order valence-electron chi connectivity index (χ2n) is 7.42. The second kappa shape index (κ2) is 15.9. The first kappa shape index (κ1) is 30.1. The van der Waals surface area contributed by atoms with Crippen LogP contribution in [0.1, 0.15) is 22.7 Å². The van der Waals surface area contributed by atoms with Crippen LogP contribution < -0.4 is 5.32 Å². The molecule has 5 N–H and O–H groups in total. The summed E-state index contributed by atoms with van der Waals surface area (Å²) >= 11 is 1.94.